The van der Waals surface area contributed by atoms with Crippen LogP contribution in [0.3, 0.4) is 0 Å². The molecule has 0 bridgehead atoms. The van der Waals surface area contributed by atoms with E-state index in [1.165, 1.54) is 116 Å². The van der Waals surface area contributed by atoms with Crippen LogP contribution in [0.4, 0.5) is 0 Å². The molecule has 5 atom stereocenters. The second kappa shape index (κ2) is 73.8. The predicted octanol–water partition coefficient (Wildman–Crippen LogP) is 23.2. The number of carbonyl (C=O) groups excluding carboxylic acids is 4. The number of esters is 4. The lowest BCUT2D eigenvalue weighted by molar-refractivity contribution is -0.161. The number of ether oxygens (including phenoxy) is 4. The van der Waals surface area contributed by atoms with Gasteiger partial charge >= 0.3 is 39.5 Å². The van der Waals surface area contributed by atoms with E-state index >= 15 is 0 Å². The molecular formula is C81H146O17P2. The minimum absolute atomic E-state index is 0.0798. The van der Waals surface area contributed by atoms with Crippen LogP contribution in [0.1, 0.15) is 362 Å². The third kappa shape index (κ3) is 72.8. The number of rotatable bonds is 76. The van der Waals surface area contributed by atoms with Gasteiger partial charge < -0.3 is 33.8 Å². The van der Waals surface area contributed by atoms with Gasteiger partial charge in [0.15, 0.2) is 12.2 Å². The number of carbonyl (C=O) groups is 4. The average Bonchev–Trinajstić information content (AvgIpc) is 1.25. The summed E-state index contributed by atoms with van der Waals surface area (Å²) in [5.74, 6) is -2.19. The lowest BCUT2D eigenvalue weighted by atomic mass is 10.1. The number of hydrogen-bond acceptors (Lipinski definition) is 15. The molecule has 0 aliphatic rings. The van der Waals surface area contributed by atoms with Crippen molar-refractivity contribution in [3.63, 3.8) is 0 Å². The Morgan fingerprint density at radius 2 is 0.490 bits per heavy atom. The van der Waals surface area contributed by atoms with Crippen molar-refractivity contribution in [2.75, 3.05) is 39.6 Å². The smallest absolute Gasteiger partial charge is 0.462 e. The first kappa shape index (κ1) is 96.5. The quantitative estimate of drug-likeness (QED) is 0.0169. The van der Waals surface area contributed by atoms with E-state index in [4.69, 9.17) is 37.0 Å². The summed E-state index contributed by atoms with van der Waals surface area (Å²) in [4.78, 5) is 73.0. The van der Waals surface area contributed by atoms with Gasteiger partial charge in [-0.1, -0.05) is 268 Å². The molecule has 0 heterocycles. The zero-order valence-electron chi connectivity index (χ0n) is 63.6. The standard InChI is InChI=1S/C81H146O17P2/c1-5-9-13-17-21-25-29-33-37-41-45-49-53-57-61-65-78(83)91-71-76(97-80(85)67-63-59-55-51-47-43-39-35-31-27-23-19-15-11-7-3)73-95-99(87,88)93-69-75(82)70-94-100(89,90)96-74-77(98-81(86)68-64-60-56-52-48-44-40-36-32-28-24-20-16-12-8-4)72-92-79(84)66-62-58-54-50-46-42-38-34-30-26-22-18-14-10-6-2/h23-25,27-29,34-36,38-40,75-77,82H,5-22,26,30-33,37,41-74H2,1-4H3,(H,87,88)(H,89,90)/b27-23-,28-24-,29-25-,38-34-,39-35-,40-36-/t75-,76+,77+/m0/s1. The molecule has 582 valence electrons. The zero-order valence-corrected chi connectivity index (χ0v) is 65.4. The summed E-state index contributed by atoms with van der Waals surface area (Å²) in [6, 6.07) is 0. The van der Waals surface area contributed by atoms with Gasteiger partial charge in [0, 0.05) is 25.7 Å². The SMILES string of the molecule is CCCCC/C=C\C/C=C\CCCCCCCC(=O)O[C@H](COC(=O)CCCCCCC/C=C\CCCCCCCC)COP(=O)(O)OC[C@@H](O)COP(=O)(O)OC[C@@H](COC(=O)CCCCCCCCC/C=C\CCCCCC)OC(=O)CCCCCCC/C=C\C/C=C\CCCCC. The first-order valence-electron chi connectivity index (χ1n) is 40.2. The zero-order chi connectivity index (χ0) is 73.2. The summed E-state index contributed by atoms with van der Waals surface area (Å²) < 4.78 is 68.6. The molecule has 0 radical (unpaired) electrons. The molecule has 0 aromatic rings. The van der Waals surface area contributed by atoms with E-state index in [2.05, 4.69) is 101 Å². The van der Waals surface area contributed by atoms with Gasteiger partial charge in [-0.05, 0) is 141 Å². The first-order chi connectivity index (χ1) is 48.7. The molecule has 19 heteroatoms. The van der Waals surface area contributed by atoms with Gasteiger partial charge in [0.1, 0.15) is 19.3 Å². The first-order valence-corrected chi connectivity index (χ1v) is 43.2. The fourth-order valence-corrected chi connectivity index (χ4v) is 12.5. The number of phosphoric ester groups is 2. The van der Waals surface area contributed by atoms with Gasteiger partial charge in [0.25, 0.3) is 0 Å². The summed E-state index contributed by atoms with van der Waals surface area (Å²) >= 11 is 0. The molecule has 0 aromatic carbocycles. The summed E-state index contributed by atoms with van der Waals surface area (Å²) in [6.07, 6.45) is 74.4. The van der Waals surface area contributed by atoms with Crippen molar-refractivity contribution in [3.05, 3.63) is 72.9 Å². The summed E-state index contributed by atoms with van der Waals surface area (Å²) in [6.45, 7) is 4.82. The van der Waals surface area contributed by atoms with Crippen LogP contribution in [0.2, 0.25) is 0 Å². The molecule has 0 rings (SSSR count). The Balaban J connectivity index is 5.37. The maximum atomic E-state index is 13.1. The van der Waals surface area contributed by atoms with Crippen molar-refractivity contribution >= 4 is 39.5 Å². The lowest BCUT2D eigenvalue weighted by Crippen LogP contribution is -2.30. The molecule has 0 saturated carbocycles. The summed E-state index contributed by atoms with van der Waals surface area (Å²) in [5, 5.41) is 10.6. The molecular weight excluding hydrogens is 1310 g/mol. The number of phosphoric acid groups is 2. The third-order valence-corrected chi connectivity index (χ3v) is 19.0. The van der Waals surface area contributed by atoms with Crippen molar-refractivity contribution in [2.45, 2.75) is 380 Å². The van der Waals surface area contributed by atoms with Gasteiger partial charge in [-0.2, -0.15) is 0 Å². The Labute approximate surface area is 609 Å². The van der Waals surface area contributed by atoms with E-state index in [0.717, 1.165) is 167 Å². The molecule has 100 heavy (non-hydrogen) atoms. The minimum atomic E-state index is -4.98. The molecule has 0 fully saturated rings. The summed E-state index contributed by atoms with van der Waals surface area (Å²) in [5.41, 5.74) is 0. The molecule has 3 N–H and O–H groups in total. The topological polar surface area (TPSA) is 237 Å². The van der Waals surface area contributed by atoms with Gasteiger partial charge in [-0.3, -0.25) is 37.3 Å². The number of aliphatic hydroxyl groups excluding tert-OH is 1. The molecule has 0 amide bonds. The van der Waals surface area contributed by atoms with Crippen LogP contribution in [0.15, 0.2) is 72.9 Å². The van der Waals surface area contributed by atoms with Crippen LogP contribution in [0.5, 0.6) is 0 Å². The van der Waals surface area contributed by atoms with Crippen LogP contribution in [0, 0.1) is 0 Å². The van der Waals surface area contributed by atoms with Gasteiger partial charge in [-0.15, -0.1) is 0 Å². The van der Waals surface area contributed by atoms with Crippen molar-refractivity contribution in [1.82, 2.24) is 0 Å². The number of allylic oxidation sites excluding steroid dienone is 12. The normalized spacial score (nSPS) is 14.3. The Hall–Kier alpha value is -3.50. The van der Waals surface area contributed by atoms with Gasteiger partial charge in [0.2, 0.25) is 0 Å². The molecule has 0 aliphatic heterocycles. The van der Waals surface area contributed by atoms with Crippen LogP contribution in [-0.4, -0.2) is 96.7 Å². The fraction of sp³-hybridized carbons (Fsp3) is 0.802. The van der Waals surface area contributed by atoms with Crippen LogP contribution in [0.25, 0.3) is 0 Å². The highest BCUT2D eigenvalue weighted by atomic mass is 31.2. The molecule has 0 aliphatic carbocycles. The maximum Gasteiger partial charge on any atom is 0.472 e. The van der Waals surface area contributed by atoms with E-state index in [-0.39, 0.29) is 25.7 Å². The van der Waals surface area contributed by atoms with E-state index in [1.807, 2.05) is 0 Å². The van der Waals surface area contributed by atoms with E-state index in [1.54, 1.807) is 0 Å². The van der Waals surface area contributed by atoms with Crippen LogP contribution < -0.4 is 0 Å². The van der Waals surface area contributed by atoms with Crippen molar-refractivity contribution in [2.24, 2.45) is 0 Å². The highest BCUT2D eigenvalue weighted by Crippen LogP contribution is 2.45. The van der Waals surface area contributed by atoms with Crippen LogP contribution >= 0.6 is 15.6 Å². The lowest BCUT2D eigenvalue weighted by Gasteiger charge is -2.21. The highest BCUT2D eigenvalue weighted by molar-refractivity contribution is 7.47. The van der Waals surface area contributed by atoms with Crippen molar-refractivity contribution < 1.29 is 80.2 Å². The van der Waals surface area contributed by atoms with E-state index in [9.17, 15) is 43.2 Å². The number of hydrogen-bond donors (Lipinski definition) is 3. The number of unbranched alkanes of at least 4 members (excludes halogenated alkanes) is 38. The second-order valence-electron chi connectivity index (χ2n) is 27.0. The molecule has 2 unspecified atom stereocenters. The largest absolute Gasteiger partial charge is 0.472 e. The van der Waals surface area contributed by atoms with Crippen LogP contribution in [-0.2, 0) is 65.4 Å². The Bertz CT molecular complexity index is 2180. The number of aliphatic hydroxyl groups is 1. The molecule has 17 nitrogen and oxygen atoms in total. The maximum absolute atomic E-state index is 13.1. The minimum Gasteiger partial charge on any atom is -0.462 e. The molecule has 0 saturated heterocycles. The third-order valence-electron chi connectivity index (χ3n) is 17.1. The Kier molecular flexibility index (Phi) is 71.2. The predicted molar refractivity (Wildman–Crippen MR) is 409 cm³/mol. The Morgan fingerprint density at radius 1 is 0.280 bits per heavy atom. The monoisotopic (exact) mass is 1450 g/mol. The van der Waals surface area contributed by atoms with E-state index in [0.29, 0.717) is 25.7 Å². The van der Waals surface area contributed by atoms with E-state index < -0.39 is 97.5 Å². The molecule has 0 spiro atoms. The van der Waals surface area contributed by atoms with Crippen molar-refractivity contribution in [1.29, 1.82) is 0 Å². The molecule has 0 aromatic heterocycles. The second-order valence-corrected chi connectivity index (χ2v) is 29.9. The van der Waals surface area contributed by atoms with Gasteiger partial charge in [-0.25, -0.2) is 9.13 Å². The fourth-order valence-electron chi connectivity index (χ4n) is 10.9. The van der Waals surface area contributed by atoms with Crippen molar-refractivity contribution in [3.8, 4) is 0 Å². The summed E-state index contributed by atoms with van der Waals surface area (Å²) in [7, 11) is -9.95. The highest BCUT2D eigenvalue weighted by Gasteiger charge is 2.30. The van der Waals surface area contributed by atoms with Gasteiger partial charge in [0.05, 0.1) is 26.4 Å². The average molecular weight is 1450 g/mol. The Morgan fingerprint density at radius 3 is 0.780 bits per heavy atom.